The number of hydrogen-bond acceptors (Lipinski definition) is 2. The molecule has 0 unspecified atom stereocenters. The van der Waals surface area contributed by atoms with E-state index < -0.39 is 0 Å². The number of nitrogens with zero attached hydrogens (tertiary/aromatic N) is 2. The molecular formula is C13H13FN2OS. The summed E-state index contributed by atoms with van der Waals surface area (Å²) in [6.45, 7) is 0. The van der Waals surface area contributed by atoms with Crippen molar-refractivity contribution in [3.8, 4) is 0 Å². The van der Waals surface area contributed by atoms with E-state index in [1.165, 1.54) is 23.5 Å². The van der Waals surface area contributed by atoms with Gasteiger partial charge in [0.2, 0.25) is 5.91 Å². The lowest BCUT2D eigenvalue weighted by molar-refractivity contribution is -0.118. The van der Waals surface area contributed by atoms with Crippen LogP contribution in [0.5, 0.6) is 0 Å². The second-order valence-corrected chi connectivity index (χ2v) is 4.80. The van der Waals surface area contributed by atoms with Gasteiger partial charge in [-0.25, -0.2) is 4.39 Å². The van der Waals surface area contributed by atoms with Crippen LogP contribution in [0.1, 0.15) is 12.0 Å². The topological polar surface area (TPSA) is 34.4 Å². The predicted octanol–water partition coefficient (Wildman–Crippen LogP) is 2.29. The molecule has 2 aromatic rings. The lowest BCUT2D eigenvalue weighted by Gasteiger charge is -1.98. The van der Waals surface area contributed by atoms with E-state index in [2.05, 4.69) is 4.99 Å². The van der Waals surface area contributed by atoms with Gasteiger partial charge in [0, 0.05) is 25.0 Å². The SMILES string of the molecule is Cn1ccsc1=NC(=O)CCc1ccc(F)cc1. The Labute approximate surface area is 108 Å². The molecule has 3 nitrogen and oxygen atoms in total. The predicted molar refractivity (Wildman–Crippen MR) is 68.6 cm³/mol. The number of halogens is 1. The highest BCUT2D eigenvalue weighted by atomic mass is 32.1. The van der Waals surface area contributed by atoms with Crippen molar-refractivity contribution in [3.63, 3.8) is 0 Å². The van der Waals surface area contributed by atoms with E-state index in [-0.39, 0.29) is 11.7 Å². The molecule has 0 aliphatic carbocycles. The number of hydrogen-bond donors (Lipinski definition) is 0. The first-order valence-corrected chi connectivity index (χ1v) is 6.45. The molecule has 0 radical (unpaired) electrons. The fourth-order valence-corrected chi connectivity index (χ4v) is 2.25. The largest absolute Gasteiger partial charge is 0.327 e. The number of thiazole rings is 1. The molecule has 1 aromatic carbocycles. The molecule has 0 bridgehead atoms. The third-order valence-electron chi connectivity index (χ3n) is 2.52. The highest BCUT2D eigenvalue weighted by Gasteiger charge is 2.01. The van der Waals surface area contributed by atoms with Crippen LogP contribution in [0, 0.1) is 5.82 Å². The van der Waals surface area contributed by atoms with Crippen LogP contribution in [0.4, 0.5) is 4.39 Å². The third kappa shape index (κ3) is 3.37. The van der Waals surface area contributed by atoms with E-state index in [1.807, 2.05) is 18.6 Å². The van der Waals surface area contributed by atoms with Crippen LogP contribution in [0.15, 0.2) is 40.8 Å². The Bertz CT molecular complexity index is 598. The zero-order chi connectivity index (χ0) is 13.0. The average molecular weight is 264 g/mol. The Morgan fingerprint density at radius 1 is 1.39 bits per heavy atom. The minimum Gasteiger partial charge on any atom is -0.327 e. The van der Waals surface area contributed by atoms with E-state index in [0.717, 1.165) is 5.56 Å². The van der Waals surface area contributed by atoms with Crippen molar-refractivity contribution >= 4 is 17.2 Å². The molecule has 0 saturated heterocycles. The monoisotopic (exact) mass is 264 g/mol. The molecule has 1 heterocycles. The summed E-state index contributed by atoms with van der Waals surface area (Å²) in [5.41, 5.74) is 0.940. The van der Waals surface area contributed by atoms with Gasteiger partial charge in [-0.05, 0) is 24.1 Å². The van der Waals surface area contributed by atoms with Crippen molar-refractivity contribution in [3.05, 3.63) is 52.0 Å². The van der Waals surface area contributed by atoms with Gasteiger partial charge in [0.15, 0.2) is 4.80 Å². The summed E-state index contributed by atoms with van der Waals surface area (Å²) in [4.78, 5) is 16.4. The molecule has 1 amide bonds. The highest BCUT2D eigenvalue weighted by molar-refractivity contribution is 7.07. The van der Waals surface area contributed by atoms with Crippen molar-refractivity contribution in [1.29, 1.82) is 0 Å². The first-order valence-electron chi connectivity index (χ1n) is 5.57. The normalized spacial score (nSPS) is 11.8. The summed E-state index contributed by atoms with van der Waals surface area (Å²) in [7, 11) is 1.85. The molecule has 5 heteroatoms. The number of amides is 1. The maximum Gasteiger partial charge on any atom is 0.248 e. The summed E-state index contributed by atoms with van der Waals surface area (Å²) in [5.74, 6) is -0.419. The molecule has 0 aliphatic heterocycles. The summed E-state index contributed by atoms with van der Waals surface area (Å²) in [5, 5.41) is 1.88. The van der Waals surface area contributed by atoms with Crippen molar-refractivity contribution in [2.45, 2.75) is 12.8 Å². The maximum atomic E-state index is 12.7. The molecule has 1 aromatic heterocycles. The van der Waals surface area contributed by atoms with Gasteiger partial charge in [-0.3, -0.25) is 4.79 Å². The molecule has 0 spiro atoms. The lowest BCUT2D eigenvalue weighted by atomic mass is 10.1. The van der Waals surface area contributed by atoms with E-state index in [4.69, 9.17) is 0 Å². The van der Waals surface area contributed by atoms with E-state index in [0.29, 0.717) is 17.6 Å². The first-order chi connectivity index (χ1) is 8.65. The Morgan fingerprint density at radius 2 is 2.11 bits per heavy atom. The van der Waals surface area contributed by atoms with Crippen LogP contribution < -0.4 is 4.80 Å². The summed E-state index contributed by atoms with van der Waals surface area (Å²) in [6.07, 6.45) is 2.78. The Balaban J connectivity index is 1.97. The lowest BCUT2D eigenvalue weighted by Crippen LogP contribution is -2.12. The number of carbonyl (C=O) groups excluding carboxylic acids is 1. The first kappa shape index (κ1) is 12.7. The van der Waals surface area contributed by atoms with Gasteiger partial charge in [0.1, 0.15) is 5.82 Å². The third-order valence-corrected chi connectivity index (χ3v) is 3.37. The number of aryl methyl sites for hydroxylation is 2. The molecule has 0 atom stereocenters. The second kappa shape index (κ2) is 5.73. The molecule has 2 rings (SSSR count). The number of aromatic nitrogens is 1. The van der Waals surface area contributed by atoms with Gasteiger partial charge in [0.25, 0.3) is 0 Å². The Hall–Kier alpha value is -1.75. The number of rotatable bonds is 3. The van der Waals surface area contributed by atoms with E-state index in [1.54, 1.807) is 16.7 Å². The zero-order valence-electron chi connectivity index (χ0n) is 9.97. The van der Waals surface area contributed by atoms with Crippen LogP contribution >= 0.6 is 11.3 Å². The van der Waals surface area contributed by atoms with Crippen molar-refractivity contribution < 1.29 is 9.18 Å². The minimum absolute atomic E-state index is 0.155. The summed E-state index contributed by atoms with van der Waals surface area (Å²) >= 11 is 1.43. The van der Waals surface area contributed by atoms with Gasteiger partial charge in [-0.1, -0.05) is 12.1 Å². The molecule has 0 aliphatic rings. The smallest absolute Gasteiger partial charge is 0.248 e. The van der Waals surface area contributed by atoms with Gasteiger partial charge in [-0.2, -0.15) is 4.99 Å². The fraction of sp³-hybridized carbons (Fsp3) is 0.231. The van der Waals surface area contributed by atoms with Crippen LogP contribution in [0.3, 0.4) is 0 Å². The van der Waals surface area contributed by atoms with Crippen LogP contribution in [-0.4, -0.2) is 10.5 Å². The Morgan fingerprint density at radius 3 is 2.72 bits per heavy atom. The summed E-state index contributed by atoms with van der Waals surface area (Å²) < 4.78 is 14.5. The molecule has 0 N–H and O–H groups in total. The quantitative estimate of drug-likeness (QED) is 0.837. The fourth-order valence-electron chi connectivity index (χ4n) is 1.50. The standard InChI is InChI=1S/C13H13FN2OS/c1-16-8-9-18-13(16)15-12(17)7-4-10-2-5-11(14)6-3-10/h2-3,5-6,8-9H,4,7H2,1H3. The van der Waals surface area contributed by atoms with Crippen molar-refractivity contribution in [2.75, 3.05) is 0 Å². The molecule has 0 fully saturated rings. The van der Waals surface area contributed by atoms with E-state index in [9.17, 15) is 9.18 Å². The minimum atomic E-state index is -0.264. The average Bonchev–Trinajstić information content (AvgIpc) is 2.74. The molecule has 94 valence electrons. The van der Waals surface area contributed by atoms with Gasteiger partial charge in [0.05, 0.1) is 0 Å². The molecule has 18 heavy (non-hydrogen) atoms. The molecular weight excluding hydrogens is 251 g/mol. The van der Waals surface area contributed by atoms with Gasteiger partial charge >= 0.3 is 0 Å². The highest BCUT2D eigenvalue weighted by Crippen LogP contribution is 2.05. The summed E-state index contributed by atoms with van der Waals surface area (Å²) in [6, 6.07) is 6.17. The number of carbonyl (C=O) groups is 1. The maximum absolute atomic E-state index is 12.7. The second-order valence-electron chi connectivity index (χ2n) is 3.93. The zero-order valence-corrected chi connectivity index (χ0v) is 10.8. The van der Waals surface area contributed by atoms with E-state index >= 15 is 0 Å². The molecule has 0 saturated carbocycles. The van der Waals surface area contributed by atoms with Crippen LogP contribution in [0.2, 0.25) is 0 Å². The Kier molecular flexibility index (Phi) is 4.04. The van der Waals surface area contributed by atoms with Gasteiger partial charge < -0.3 is 4.57 Å². The number of benzene rings is 1. The van der Waals surface area contributed by atoms with Crippen molar-refractivity contribution in [1.82, 2.24) is 4.57 Å². The van der Waals surface area contributed by atoms with Crippen LogP contribution in [-0.2, 0) is 18.3 Å². The van der Waals surface area contributed by atoms with Crippen LogP contribution in [0.25, 0.3) is 0 Å². The van der Waals surface area contributed by atoms with Crippen molar-refractivity contribution in [2.24, 2.45) is 12.0 Å². The van der Waals surface area contributed by atoms with Gasteiger partial charge in [-0.15, -0.1) is 11.3 Å².